The van der Waals surface area contributed by atoms with Crippen molar-refractivity contribution >= 4 is 39.8 Å². The summed E-state index contributed by atoms with van der Waals surface area (Å²) in [5.74, 6) is -0.293. The Bertz CT molecular complexity index is 734. The highest BCUT2D eigenvalue weighted by Crippen LogP contribution is 2.32. The minimum Gasteiger partial charge on any atom is -0.370 e. The molecule has 0 aliphatic carbocycles. The summed E-state index contributed by atoms with van der Waals surface area (Å²) >= 11 is 5.92. The molecule has 1 unspecified atom stereocenters. The minimum atomic E-state index is -3.51. The van der Waals surface area contributed by atoms with Crippen molar-refractivity contribution in [1.82, 2.24) is 10.2 Å². The van der Waals surface area contributed by atoms with Crippen molar-refractivity contribution in [3.05, 3.63) is 34.9 Å². The molecule has 2 aliphatic heterocycles. The summed E-state index contributed by atoms with van der Waals surface area (Å²) in [5, 5.41) is 3.77. The lowest BCUT2D eigenvalue weighted by molar-refractivity contribution is -0.142. The number of rotatable bonds is 3. The molecule has 0 saturated carbocycles. The number of nitrogens with one attached hydrogen (secondary N) is 1. The molecule has 1 N–H and O–H groups in total. The highest BCUT2D eigenvalue weighted by molar-refractivity contribution is 7.92. The van der Waals surface area contributed by atoms with Gasteiger partial charge in [0.2, 0.25) is 5.91 Å². The Morgan fingerprint density at radius 3 is 2.46 bits per heavy atom. The lowest BCUT2D eigenvalue weighted by Gasteiger charge is -2.41. The van der Waals surface area contributed by atoms with Crippen LogP contribution in [0.4, 0.5) is 0 Å². The van der Waals surface area contributed by atoms with Crippen LogP contribution >= 0.6 is 24.0 Å². The molecule has 0 bridgehead atoms. The Balaban J connectivity index is 0.00000243. The number of carbonyl (C=O) groups excluding carboxylic acids is 1. The molecule has 2 heterocycles. The maximum Gasteiger partial charge on any atom is 0.244 e. The average Bonchev–Trinajstić information content (AvgIpc) is 2.61. The van der Waals surface area contributed by atoms with E-state index in [4.69, 9.17) is 16.3 Å². The van der Waals surface area contributed by atoms with Crippen molar-refractivity contribution in [2.75, 3.05) is 39.0 Å². The number of sulfone groups is 1. The molecule has 26 heavy (non-hydrogen) atoms. The van der Waals surface area contributed by atoms with Gasteiger partial charge in [-0.25, -0.2) is 8.42 Å². The molecule has 2 saturated heterocycles. The molecule has 9 heteroatoms. The smallest absolute Gasteiger partial charge is 0.244 e. The van der Waals surface area contributed by atoms with Crippen molar-refractivity contribution in [2.24, 2.45) is 0 Å². The number of carbonyl (C=O) groups is 1. The molecule has 3 rings (SSSR count). The van der Waals surface area contributed by atoms with E-state index in [1.54, 1.807) is 17.0 Å². The van der Waals surface area contributed by atoms with Crippen LogP contribution in [0, 0.1) is 0 Å². The maximum absolute atomic E-state index is 13.2. The number of halogens is 2. The summed E-state index contributed by atoms with van der Waals surface area (Å²) in [4.78, 5) is 14.8. The molecule has 1 amide bonds. The highest BCUT2D eigenvalue weighted by atomic mass is 35.5. The molecule has 1 aromatic carbocycles. The van der Waals surface area contributed by atoms with Crippen molar-refractivity contribution in [1.29, 1.82) is 0 Å². The van der Waals surface area contributed by atoms with Gasteiger partial charge in [-0.05, 0) is 43.6 Å². The van der Waals surface area contributed by atoms with Crippen LogP contribution < -0.4 is 5.32 Å². The SMILES string of the molecule is CS(=O)(=O)C1(C(=O)N2CCOC(c3ccc(Cl)cc3)C2)CCNCC1.Cl. The van der Waals surface area contributed by atoms with Crippen LogP contribution in [0.5, 0.6) is 0 Å². The number of hydrogen-bond donors (Lipinski definition) is 1. The van der Waals surface area contributed by atoms with Crippen LogP contribution in [0.25, 0.3) is 0 Å². The van der Waals surface area contributed by atoms with E-state index in [0.29, 0.717) is 50.7 Å². The van der Waals surface area contributed by atoms with Crippen molar-refractivity contribution in [3.63, 3.8) is 0 Å². The first-order chi connectivity index (χ1) is 11.8. The van der Waals surface area contributed by atoms with Crippen LogP contribution in [-0.4, -0.2) is 63.0 Å². The lowest BCUT2D eigenvalue weighted by atomic mass is 9.94. The van der Waals surface area contributed by atoms with Gasteiger partial charge in [0.1, 0.15) is 6.10 Å². The second-order valence-corrected chi connectivity index (χ2v) is 9.44. The predicted octanol–water partition coefficient (Wildman–Crippen LogP) is 1.83. The Labute approximate surface area is 165 Å². The number of ether oxygens (including phenoxy) is 1. The third-order valence-electron chi connectivity index (χ3n) is 5.11. The fraction of sp³-hybridized carbons (Fsp3) is 0.588. The van der Waals surface area contributed by atoms with Crippen LogP contribution in [-0.2, 0) is 19.4 Å². The maximum atomic E-state index is 13.2. The average molecular weight is 423 g/mol. The lowest BCUT2D eigenvalue weighted by Crippen LogP contribution is -2.60. The Morgan fingerprint density at radius 1 is 1.27 bits per heavy atom. The highest BCUT2D eigenvalue weighted by Gasteiger charge is 2.51. The molecule has 6 nitrogen and oxygen atoms in total. The number of piperidine rings is 1. The van der Waals surface area contributed by atoms with E-state index in [1.165, 1.54) is 6.26 Å². The van der Waals surface area contributed by atoms with Crippen LogP contribution in [0.2, 0.25) is 5.02 Å². The molecule has 2 fully saturated rings. The van der Waals surface area contributed by atoms with Gasteiger partial charge < -0.3 is 15.0 Å². The van der Waals surface area contributed by atoms with Gasteiger partial charge in [-0.2, -0.15) is 0 Å². The number of benzene rings is 1. The summed E-state index contributed by atoms with van der Waals surface area (Å²) in [6.45, 7) is 2.21. The molecule has 1 aromatic rings. The first-order valence-electron chi connectivity index (χ1n) is 8.40. The largest absolute Gasteiger partial charge is 0.370 e. The van der Waals surface area contributed by atoms with Crippen molar-refractivity contribution < 1.29 is 17.9 Å². The summed E-state index contributed by atoms with van der Waals surface area (Å²) in [5.41, 5.74) is 0.931. The van der Waals surface area contributed by atoms with Gasteiger partial charge in [-0.1, -0.05) is 23.7 Å². The zero-order valence-electron chi connectivity index (χ0n) is 14.6. The fourth-order valence-corrected chi connectivity index (χ4v) is 5.09. The number of morpholine rings is 1. The van der Waals surface area contributed by atoms with Gasteiger partial charge in [0.15, 0.2) is 14.6 Å². The first kappa shape index (κ1) is 21.4. The van der Waals surface area contributed by atoms with E-state index in [9.17, 15) is 13.2 Å². The van der Waals surface area contributed by atoms with Gasteiger partial charge in [-0.3, -0.25) is 4.79 Å². The van der Waals surface area contributed by atoms with E-state index < -0.39 is 14.6 Å². The molecule has 2 aliphatic rings. The summed E-state index contributed by atoms with van der Waals surface area (Å²) in [6.07, 6.45) is 1.53. The van der Waals surface area contributed by atoms with E-state index in [0.717, 1.165) is 5.56 Å². The van der Waals surface area contributed by atoms with E-state index in [2.05, 4.69) is 5.32 Å². The normalized spacial score (nSPS) is 23.2. The quantitative estimate of drug-likeness (QED) is 0.803. The molecular weight excluding hydrogens is 399 g/mol. The molecule has 146 valence electrons. The minimum absolute atomic E-state index is 0. The van der Waals surface area contributed by atoms with Gasteiger partial charge in [-0.15, -0.1) is 12.4 Å². The van der Waals surface area contributed by atoms with Crippen LogP contribution in [0.3, 0.4) is 0 Å². The second kappa shape index (κ2) is 8.44. The van der Waals surface area contributed by atoms with Crippen molar-refractivity contribution in [3.8, 4) is 0 Å². The summed E-state index contributed by atoms with van der Waals surface area (Å²) in [7, 11) is -3.51. The topological polar surface area (TPSA) is 75.7 Å². The van der Waals surface area contributed by atoms with Gasteiger partial charge in [0, 0.05) is 17.8 Å². The van der Waals surface area contributed by atoms with Gasteiger partial charge in [0.05, 0.1) is 13.2 Å². The predicted molar refractivity (Wildman–Crippen MR) is 104 cm³/mol. The standard InChI is InChI=1S/C17H23ClN2O4S.ClH/c1-25(22,23)17(6-8-19-9-7-17)16(21)20-10-11-24-15(12-20)13-2-4-14(18)5-3-13;/h2-5,15,19H,6-12H2,1H3;1H. The number of nitrogens with zero attached hydrogens (tertiary/aromatic N) is 1. The Hall–Kier alpha value is -0.860. The van der Waals surface area contributed by atoms with Crippen LogP contribution in [0.1, 0.15) is 24.5 Å². The number of hydrogen-bond acceptors (Lipinski definition) is 5. The summed E-state index contributed by atoms with van der Waals surface area (Å²) < 4.78 is 29.4. The van der Waals surface area contributed by atoms with E-state index in [-0.39, 0.29) is 24.4 Å². The molecule has 0 spiro atoms. The zero-order valence-corrected chi connectivity index (χ0v) is 17.0. The summed E-state index contributed by atoms with van der Waals surface area (Å²) in [6, 6.07) is 7.31. The first-order valence-corrected chi connectivity index (χ1v) is 10.7. The van der Waals surface area contributed by atoms with Crippen LogP contribution in [0.15, 0.2) is 24.3 Å². The molecule has 0 radical (unpaired) electrons. The third kappa shape index (κ3) is 4.17. The molecular formula is C17H24Cl2N2O4S. The van der Waals surface area contributed by atoms with Gasteiger partial charge in [0.25, 0.3) is 0 Å². The van der Waals surface area contributed by atoms with E-state index in [1.807, 2.05) is 12.1 Å². The monoisotopic (exact) mass is 422 g/mol. The third-order valence-corrected chi connectivity index (χ3v) is 7.36. The molecule has 0 aromatic heterocycles. The Kier molecular flexibility index (Phi) is 6.96. The number of amides is 1. The molecule has 1 atom stereocenters. The van der Waals surface area contributed by atoms with Crippen molar-refractivity contribution in [2.45, 2.75) is 23.7 Å². The fourth-order valence-electron chi connectivity index (χ4n) is 3.57. The van der Waals surface area contributed by atoms with E-state index >= 15 is 0 Å². The van der Waals surface area contributed by atoms with Gasteiger partial charge >= 0.3 is 0 Å². The zero-order chi connectivity index (χ0) is 18.1. The Morgan fingerprint density at radius 2 is 1.88 bits per heavy atom. The second-order valence-electron chi connectivity index (χ2n) is 6.68.